The highest BCUT2D eigenvalue weighted by Gasteiger charge is 2.18. The lowest BCUT2D eigenvalue weighted by atomic mass is 10.0. The van der Waals surface area contributed by atoms with E-state index in [1.54, 1.807) is 12.1 Å². The Bertz CT molecular complexity index is 400. The Balaban J connectivity index is 2.62. The Kier molecular flexibility index (Phi) is 5.25. The number of pyridine rings is 1. The lowest BCUT2D eigenvalue weighted by molar-refractivity contribution is -0.119. The molecule has 3 N–H and O–H groups in total. The largest absolute Gasteiger partial charge is 0.390 e. The molecule has 1 amide bonds. The van der Waals surface area contributed by atoms with Crippen LogP contribution in [0.25, 0.3) is 0 Å². The predicted octanol–water partition coefficient (Wildman–Crippen LogP) is 0.619. The minimum absolute atomic E-state index is 0.146. The van der Waals surface area contributed by atoms with Crippen LogP contribution in [0.15, 0.2) is 12.1 Å². The molecule has 0 aliphatic rings. The summed E-state index contributed by atoms with van der Waals surface area (Å²) in [7, 11) is 0. The van der Waals surface area contributed by atoms with E-state index in [-0.39, 0.29) is 5.91 Å². The van der Waals surface area contributed by atoms with Crippen molar-refractivity contribution in [1.82, 2.24) is 10.3 Å². The fourth-order valence-corrected chi connectivity index (χ4v) is 1.81. The van der Waals surface area contributed by atoms with Crippen molar-refractivity contribution in [3.05, 3.63) is 29.1 Å². The number of hydrogen-bond acceptors (Lipinski definition) is 4. The average Bonchev–Trinajstić information content (AvgIpc) is 2.26. The van der Waals surface area contributed by atoms with Crippen LogP contribution in [0, 0.1) is 13.8 Å². The maximum Gasteiger partial charge on any atom is 0.216 e. The van der Waals surface area contributed by atoms with Crippen LogP contribution in [0.1, 0.15) is 36.4 Å². The van der Waals surface area contributed by atoms with Gasteiger partial charge in [-0.1, -0.05) is 0 Å². The number of carbonyl (C=O) groups excluding carboxylic acids is 1. The molecular formula is C13H20N2O3. The summed E-state index contributed by atoms with van der Waals surface area (Å²) in [6, 6.07) is 3.50. The van der Waals surface area contributed by atoms with Gasteiger partial charge in [0, 0.05) is 24.9 Å². The van der Waals surface area contributed by atoms with E-state index in [0.29, 0.717) is 18.5 Å². The molecule has 1 rings (SSSR count). The fraction of sp³-hybridized carbons (Fsp3) is 0.538. The van der Waals surface area contributed by atoms with E-state index in [4.69, 9.17) is 0 Å². The molecule has 1 aromatic heterocycles. The van der Waals surface area contributed by atoms with Gasteiger partial charge in [0.05, 0.1) is 6.10 Å². The first-order valence-electron chi connectivity index (χ1n) is 5.96. The second kappa shape index (κ2) is 6.47. The van der Waals surface area contributed by atoms with E-state index in [0.717, 1.165) is 11.4 Å². The summed E-state index contributed by atoms with van der Waals surface area (Å²) in [5, 5.41) is 22.4. The van der Waals surface area contributed by atoms with Gasteiger partial charge in [-0.15, -0.1) is 0 Å². The smallest absolute Gasteiger partial charge is 0.216 e. The molecule has 1 aromatic rings. The minimum atomic E-state index is -0.959. The summed E-state index contributed by atoms with van der Waals surface area (Å²) in [4.78, 5) is 14.9. The van der Waals surface area contributed by atoms with Gasteiger partial charge in [0.15, 0.2) is 0 Å². The monoisotopic (exact) mass is 252 g/mol. The summed E-state index contributed by atoms with van der Waals surface area (Å²) in [6.07, 6.45) is -1.56. The van der Waals surface area contributed by atoms with Crippen LogP contribution < -0.4 is 5.32 Å². The van der Waals surface area contributed by atoms with E-state index < -0.39 is 12.2 Å². The molecule has 0 spiro atoms. The molecule has 18 heavy (non-hydrogen) atoms. The van der Waals surface area contributed by atoms with Crippen LogP contribution in [0.4, 0.5) is 0 Å². The number of aliphatic hydroxyl groups excluding tert-OH is 2. The van der Waals surface area contributed by atoms with Gasteiger partial charge in [-0.3, -0.25) is 9.78 Å². The summed E-state index contributed by atoms with van der Waals surface area (Å²) in [6.45, 7) is 5.44. The fourth-order valence-electron chi connectivity index (χ4n) is 1.81. The van der Waals surface area contributed by atoms with E-state index in [2.05, 4.69) is 10.3 Å². The Labute approximate surface area is 107 Å². The Morgan fingerprint density at radius 3 is 2.39 bits per heavy atom. The van der Waals surface area contributed by atoms with Gasteiger partial charge in [-0.2, -0.15) is 0 Å². The van der Waals surface area contributed by atoms with Gasteiger partial charge in [0.25, 0.3) is 0 Å². The summed E-state index contributed by atoms with van der Waals surface area (Å²) in [5.74, 6) is -0.146. The summed E-state index contributed by atoms with van der Waals surface area (Å²) in [5.41, 5.74) is 2.26. The SMILES string of the molecule is CC(=O)NCCC(O)C(O)c1cc(C)nc(C)c1. The van der Waals surface area contributed by atoms with Crippen LogP contribution in [0.2, 0.25) is 0 Å². The van der Waals surface area contributed by atoms with Gasteiger partial charge in [0.2, 0.25) is 5.91 Å². The third-order valence-electron chi connectivity index (χ3n) is 2.62. The van der Waals surface area contributed by atoms with Crippen molar-refractivity contribution in [2.45, 2.75) is 39.4 Å². The molecule has 0 aliphatic carbocycles. The zero-order valence-corrected chi connectivity index (χ0v) is 11.0. The highest BCUT2D eigenvalue weighted by Crippen LogP contribution is 2.20. The molecule has 100 valence electrons. The Hall–Kier alpha value is -1.46. The lowest BCUT2D eigenvalue weighted by Crippen LogP contribution is -2.27. The number of carbonyl (C=O) groups is 1. The maximum atomic E-state index is 10.7. The zero-order valence-electron chi connectivity index (χ0n) is 11.0. The van der Waals surface area contributed by atoms with Crippen molar-refractivity contribution in [3.63, 3.8) is 0 Å². The van der Waals surface area contributed by atoms with Crippen molar-refractivity contribution in [3.8, 4) is 0 Å². The molecule has 5 nitrogen and oxygen atoms in total. The average molecular weight is 252 g/mol. The van der Waals surface area contributed by atoms with Gasteiger partial charge in [-0.05, 0) is 38.0 Å². The second-order valence-electron chi connectivity index (χ2n) is 4.47. The summed E-state index contributed by atoms with van der Waals surface area (Å²) < 4.78 is 0. The number of amides is 1. The van der Waals surface area contributed by atoms with Gasteiger partial charge < -0.3 is 15.5 Å². The first-order valence-corrected chi connectivity index (χ1v) is 5.96. The molecule has 0 saturated carbocycles. The molecule has 5 heteroatoms. The molecular weight excluding hydrogens is 232 g/mol. The number of nitrogens with one attached hydrogen (secondary N) is 1. The predicted molar refractivity (Wildman–Crippen MR) is 68.0 cm³/mol. The molecule has 0 fully saturated rings. The van der Waals surface area contributed by atoms with Crippen LogP contribution in [0.5, 0.6) is 0 Å². The molecule has 0 aliphatic heterocycles. The summed E-state index contributed by atoms with van der Waals surface area (Å²) >= 11 is 0. The third kappa shape index (κ3) is 4.43. The van der Waals surface area contributed by atoms with Crippen molar-refractivity contribution in [2.24, 2.45) is 0 Å². The Morgan fingerprint density at radius 2 is 1.89 bits per heavy atom. The number of rotatable bonds is 5. The maximum absolute atomic E-state index is 10.7. The number of aliphatic hydroxyl groups is 2. The highest BCUT2D eigenvalue weighted by atomic mass is 16.3. The Morgan fingerprint density at radius 1 is 1.33 bits per heavy atom. The van der Waals surface area contributed by atoms with Crippen molar-refractivity contribution < 1.29 is 15.0 Å². The second-order valence-corrected chi connectivity index (χ2v) is 4.47. The molecule has 0 radical (unpaired) electrons. The van der Waals surface area contributed by atoms with Crippen molar-refractivity contribution >= 4 is 5.91 Å². The number of aryl methyl sites for hydroxylation is 2. The van der Waals surface area contributed by atoms with Crippen LogP contribution in [-0.2, 0) is 4.79 Å². The van der Waals surface area contributed by atoms with Gasteiger partial charge in [-0.25, -0.2) is 0 Å². The normalized spacial score (nSPS) is 14.1. The molecule has 1 heterocycles. The van der Waals surface area contributed by atoms with Crippen LogP contribution in [-0.4, -0.2) is 33.8 Å². The van der Waals surface area contributed by atoms with Crippen molar-refractivity contribution in [1.29, 1.82) is 0 Å². The van der Waals surface area contributed by atoms with Crippen molar-refractivity contribution in [2.75, 3.05) is 6.54 Å². The quantitative estimate of drug-likeness (QED) is 0.717. The minimum Gasteiger partial charge on any atom is -0.390 e. The lowest BCUT2D eigenvalue weighted by Gasteiger charge is -2.19. The highest BCUT2D eigenvalue weighted by molar-refractivity contribution is 5.72. The van der Waals surface area contributed by atoms with Crippen LogP contribution >= 0.6 is 0 Å². The zero-order chi connectivity index (χ0) is 13.7. The molecule has 2 unspecified atom stereocenters. The molecule has 0 saturated heterocycles. The molecule has 0 aromatic carbocycles. The molecule has 2 atom stereocenters. The third-order valence-corrected chi connectivity index (χ3v) is 2.62. The first-order chi connectivity index (χ1) is 8.40. The number of nitrogens with zero attached hydrogens (tertiary/aromatic N) is 1. The first kappa shape index (κ1) is 14.6. The molecule has 0 bridgehead atoms. The van der Waals surface area contributed by atoms with Crippen LogP contribution in [0.3, 0.4) is 0 Å². The van der Waals surface area contributed by atoms with E-state index in [1.165, 1.54) is 6.92 Å². The number of aromatic nitrogens is 1. The van der Waals surface area contributed by atoms with Gasteiger partial charge in [0.1, 0.15) is 6.10 Å². The standard InChI is InChI=1S/C13H20N2O3/c1-8-6-11(7-9(2)15-8)13(18)12(17)4-5-14-10(3)16/h6-7,12-13,17-18H,4-5H2,1-3H3,(H,14,16). The van der Waals surface area contributed by atoms with Gasteiger partial charge >= 0.3 is 0 Å². The van der Waals surface area contributed by atoms with E-state index in [9.17, 15) is 15.0 Å². The number of hydrogen-bond donors (Lipinski definition) is 3. The van der Waals surface area contributed by atoms with E-state index >= 15 is 0 Å². The van der Waals surface area contributed by atoms with E-state index in [1.807, 2.05) is 13.8 Å². The topological polar surface area (TPSA) is 82.5 Å².